The zero-order valence-electron chi connectivity index (χ0n) is 8.95. The van der Waals surface area contributed by atoms with Gasteiger partial charge in [-0.05, 0) is 26.3 Å². The predicted molar refractivity (Wildman–Crippen MR) is 55.1 cm³/mol. The molecule has 1 aromatic heterocycles. The number of aryl methyl sites for hydroxylation is 1. The Morgan fingerprint density at radius 2 is 2.36 bits per heavy atom. The summed E-state index contributed by atoms with van der Waals surface area (Å²) in [6.07, 6.45) is 2.74. The van der Waals surface area contributed by atoms with Crippen LogP contribution < -0.4 is 5.32 Å². The lowest BCUT2D eigenvalue weighted by atomic mass is 10.2. The molecule has 0 saturated carbocycles. The van der Waals surface area contributed by atoms with Crippen molar-refractivity contribution in [3.05, 3.63) is 18.0 Å². The molecule has 0 aliphatic heterocycles. The maximum absolute atomic E-state index is 11.6. The molecule has 4 heteroatoms. The lowest BCUT2D eigenvalue weighted by Crippen LogP contribution is -2.32. The third-order valence-electron chi connectivity index (χ3n) is 2.19. The number of aromatic nitrogens is 2. The summed E-state index contributed by atoms with van der Waals surface area (Å²) in [4.78, 5) is 11.6. The van der Waals surface area contributed by atoms with E-state index in [1.165, 1.54) is 0 Å². The molecule has 0 radical (unpaired) electrons. The summed E-state index contributed by atoms with van der Waals surface area (Å²) >= 11 is 0. The molecular formula is C10H17N3O. The van der Waals surface area contributed by atoms with E-state index in [1.54, 1.807) is 10.7 Å². The molecule has 1 N–H and O–H groups in total. The van der Waals surface area contributed by atoms with E-state index >= 15 is 0 Å². The molecule has 0 aliphatic rings. The van der Waals surface area contributed by atoms with Crippen molar-refractivity contribution in [2.75, 3.05) is 0 Å². The van der Waals surface area contributed by atoms with Gasteiger partial charge in [0.05, 0.1) is 0 Å². The van der Waals surface area contributed by atoms with Gasteiger partial charge >= 0.3 is 0 Å². The van der Waals surface area contributed by atoms with Crippen LogP contribution in [0.3, 0.4) is 0 Å². The van der Waals surface area contributed by atoms with Crippen LogP contribution in [0, 0.1) is 0 Å². The molecule has 0 fully saturated rings. The first-order chi connectivity index (χ1) is 6.67. The van der Waals surface area contributed by atoms with E-state index in [4.69, 9.17) is 0 Å². The second-order valence-corrected chi connectivity index (χ2v) is 3.34. The monoisotopic (exact) mass is 195 g/mol. The van der Waals surface area contributed by atoms with Crippen molar-refractivity contribution in [3.63, 3.8) is 0 Å². The van der Waals surface area contributed by atoms with E-state index in [-0.39, 0.29) is 11.9 Å². The van der Waals surface area contributed by atoms with Crippen LogP contribution in [0.1, 0.15) is 37.7 Å². The predicted octanol–water partition coefficient (Wildman–Crippen LogP) is 1.43. The summed E-state index contributed by atoms with van der Waals surface area (Å²) in [6.45, 7) is 6.80. The quantitative estimate of drug-likeness (QED) is 0.790. The summed E-state index contributed by atoms with van der Waals surface area (Å²) in [5, 5.41) is 6.99. The largest absolute Gasteiger partial charge is 0.348 e. The standard InChI is InChI=1S/C10H17N3O/c1-4-8(3)11-10(14)9-6-7-13(5-2)12-9/h6-8H,4-5H2,1-3H3,(H,11,14)/t8-/m1/s1. The Kier molecular flexibility index (Phi) is 3.68. The van der Waals surface area contributed by atoms with Gasteiger partial charge < -0.3 is 5.32 Å². The summed E-state index contributed by atoms with van der Waals surface area (Å²) < 4.78 is 1.74. The van der Waals surface area contributed by atoms with E-state index in [1.807, 2.05) is 27.0 Å². The van der Waals surface area contributed by atoms with Crippen molar-refractivity contribution in [2.45, 2.75) is 39.8 Å². The smallest absolute Gasteiger partial charge is 0.271 e. The number of nitrogens with zero attached hydrogens (tertiary/aromatic N) is 2. The third-order valence-corrected chi connectivity index (χ3v) is 2.19. The third kappa shape index (κ3) is 2.58. The molecule has 1 atom stereocenters. The van der Waals surface area contributed by atoms with E-state index in [9.17, 15) is 4.79 Å². The van der Waals surface area contributed by atoms with Crippen molar-refractivity contribution < 1.29 is 4.79 Å². The van der Waals surface area contributed by atoms with Crippen LogP contribution in [0.15, 0.2) is 12.3 Å². The van der Waals surface area contributed by atoms with Crippen LogP contribution in [0.25, 0.3) is 0 Å². The molecule has 0 unspecified atom stereocenters. The fraction of sp³-hybridized carbons (Fsp3) is 0.600. The first-order valence-corrected chi connectivity index (χ1v) is 5.01. The van der Waals surface area contributed by atoms with Crippen molar-refractivity contribution in [1.29, 1.82) is 0 Å². The first-order valence-electron chi connectivity index (χ1n) is 5.01. The number of rotatable bonds is 4. The summed E-state index contributed by atoms with van der Waals surface area (Å²) in [6, 6.07) is 1.94. The fourth-order valence-corrected chi connectivity index (χ4v) is 1.06. The highest BCUT2D eigenvalue weighted by molar-refractivity contribution is 5.92. The Hall–Kier alpha value is -1.32. The summed E-state index contributed by atoms with van der Waals surface area (Å²) in [5.41, 5.74) is 0.493. The number of hydrogen-bond donors (Lipinski definition) is 1. The highest BCUT2D eigenvalue weighted by atomic mass is 16.2. The Balaban J connectivity index is 2.60. The van der Waals surface area contributed by atoms with Gasteiger partial charge in [-0.1, -0.05) is 6.92 Å². The van der Waals surface area contributed by atoms with Crippen molar-refractivity contribution >= 4 is 5.91 Å². The topological polar surface area (TPSA) is 46.9 Å². The van der Waals surface area contributed by atoms with Gasteiger partial charge in [0.25, 0.3) is 5.91 Å². The van der Waals surface area contributed by atoms with Gasteiger partial charge in [-0.3, -0.25) is 9.48 Å². The van der Waals surface area contributed by atoms with E-state index in [0.29, 0.717) is 5.69 Å². The molecular weight excluding hydrogens is 178 g/mol. The van der Waals surface area contributed by atoms with Crippen LogP contribution in [0.4, 0.5) is 0 Å². The average molecular weight is 195 g/mol. The zero-order valence-corrected chi connectivity index (χ0v) is 8.95. The van der Waals surface area contributed by atoms with Crippen molar-refractivity contribution in [3.8, 4) is 0 Å². The summed E-state index contributed by atoms with van der Waals surface area (Å²) in [7, 11) is 0. The van der Waals surface area contributed by atoms with E-state index < -0.39 is 0 Å². The second-order valence-electron chi connectivity index (χ2n) is 3.34. The fourth-order valence-electron chi connectivity index (χ4n) is 1.06. The first kappa shape index (κ1) is 10.8. The van der Waals surface area contributed by atoms with Gasteiger partial charge in [0.2, 0.25) is 0 Å². The molecule has 0 aliphatic carbocycles. The highest BCUT2D eigenvalue weighted by Gasteiger charge is 2.10. The number of carbonyl (C=O) groups is 1. The number of amides is 1. The summed E-state index contributed by atoms with van der Waals surface area (Å²) in [5.74, 6) is -0.0912. The normalized spacial score (nSPS) is 12.5. The lowest BCUT2D eigenvalue weighted by Gasteiger charge is -2.09. The highest BCUT2D eigenvalue weighted by Crippen LogP contribution is 1.97. The lowest BCUT2D eigenvalue weighted by molar-refractivity contribution is 0.0933. The van der Waals surface area contributed by atoms with Crippen molar-refractivity contribution in [2.24, 2.45) is 0 Å². The average Bonchev–Trinajstić information content (AvgIpc) is 2.65. The minimum absolute atomic E-state index is 0.0912. The molecule has 0 saturated heterocycles. The molecule has 14 heavy (non-hydrogen) atoms. The van der Waals surface area contributed by atoms with Crippen LogP contribution in [-0.2, 0) is 6.54 Å². The molecule has 4 nitrogen and oxygen atoms in total. The van der Waals surface area contributed by atoms with E-state index in [0.717, 1.165) is 13.0 Å². The Morgan fingerprint density at radius 1 is 1.64 bits per heavy atom. The van der Waals surface area contributed by atoms with Gasteiger partial charge in [-0.25, -0.2) is 0 Å². The molecule has 0 aromatic carbocycles. The maximum Gasteiger partial charge on any atom is 0.271 e. The van der Waals surface area contributed by atoms with Crippen LogP contribution >= 0.6 is 0 Å². The number of hydrogen-bond acceptors (Lipinski definition) is 2. The maximum atomic E-state index is 11.6. The van der Waals surface area contributed by atoms with E-state index in [2.05, 4.69) is 10.4 Å². The minimum atomic E-state index is -0.0912. The van der Waals surface area contributed by atoms with Crippen molar-refractivity contribution in [1.82, 2.24) is 15.1 Å². The number of carbonyl (C=O) groups excluding carboxylic acids is 1. The molecule has 1 heterocycles. The molecule has 1 amide bonds. The molecule has 0 spiro atoms. The second kappa shape index (κ2) is 4.79. The van der Waals surface area contributed by atoms with Crippen LogP contribution in [-0.4, -0.2) is 21.7 Å². The molecule has 1 aromatic rings. The van der Waals surface area contributed by atoms with Gasteiger partial charge in [0.1, 0.15) is 5.69 Å². The SMILES string of the molecule is CC[C@@H](C)NC(=O)c1ccn(CC)n1. The Morgan fingerprint density at radius 3 is 2.86 bits per heavy atom. The Labute approximate surface area is 84.3 Å². The number of nitrogens with one attached hydrogen (secondary N) is 1. The van der Waals surface area contributed by atoms with Gasteiger partial charge in [-0.2, -0.15) is 5.10 Å². The Bertz CT molecular complexity index is 306. The zero-order chi connectivity index (χ0) is 10.6. The van der Waals surface area contributed by atoms with Gasteiger partial charge in [-0.15, -0.1) is 0 Å². The van der Waals surface area contributed by atoms with Crippen LogP contribution in [0.5, 0.6) is 0 Å². The van der Waals surface area contributed by atoms with Crippen LogP contribution in [0.2, 0.25) is 0 Å². The molecule has 0 bridgehead atoms. The molecule has 1 rings (SSSR count). The minimum Gasteiger partial charge on any atom is -0.348 e. The van der Waals surface area contributed by atoms with Gasteiger partial charge in [0, 0.05) is 18.8 Å². The van der Waals surface area contributed by atoms with Gasteiger partial charge in [0.15, 0.2) is 0 Å². The molecule has 78 valence electrons.